The molecule has 136 valence electrons. The fraction of sp³-hybridized carbons (Fsp3) is 0.300. The van der Waals surface area contributed by atoms with E-state index >= 15 is 0 Å². The molecule has 1 heterocycles. The predicted molar refractivity (Wildman–Crippen MR) is 103 cm³/mol. The summed E-state index contributed by atoms with van der Waals surface area (Å²) >= 11 is 0. The molecule has 0 fully saturated rings. The maximum atomic E-state index is 13.0. The first kappa shape index (κ1) is 17.8. The molecule has 26 heavy (non-hydrogen) atoms. The van der Waals surface area contributed by atoms with Crippen molar-refractivity contribution in [2.24, 2.45) is 0 Å². The Kier molecular flexibility index (Phi) is 5.11. The summed E-state index contributed by atoms with van der Waals surface area (Å²) in [5, 5.41) is 6.03. The Hall–Kier alpha value is -3.02. The van der Waals surface area contributed by atoms with Crippen LogP contribution >= 0.6 is 0 Å². The van der Waals surface area contributed by atoms with Gasteiger partial charge in [0.05, 0.1) is 30.7 Å². The van der Waals surface area contributed by atoms with Gasteiger partial charge in [0.15, 0.2) is 0 Å². The van der Waals surface area contributed by atoms with E-state index in [0.29, 0.717) is 17.1 Å². The Labute approximate surface area is 153 Å². The molecule has 0 aliphatic carbocycles. The van der Waals surface area contributed by atoms with Gasteiger partial charge in [-0.3, -0.25) is 9.59 Å². The van der Waals surface area contributed by atoms with Crippen LogP contribution in [0.5, 0.6) is 5.75 Å². The van der Waals surface area contributed by atoms with Crippen LogP contribution in [0.2, 0.25) is 0 Å². The van der Waals surface area contributed by atoms with E-state index in [1.54, 1.807) is 12.0 Å². The van der Waals surface area contributed by atoms with Gasteiger partial charge in [-0.2, -0.15) is 0 Å². The monoisotopic (exact) mass is 353 g/mol. The predicted octanol–water partition coefficient (Wildman–Crippen LogP) is 3.18. The highest BCUT2D eigenvalue weighted by Crippen LogP contribution is 2.31. The van der Waals surface area contributed by atoms with Gasteiger partial charge < -0.3 is 20.3 Å². The number of nitrogens with zero attached hydrogens (tertiary/aromatic N) is 1. The normalized spacial score (nSPS) is 16.3. The van der Waals surface area contributed by atoms with E-state index in [2.05, 4.69) is 10.6 Å². The Morgan fingerprint density at radius 2 is 2.08 bits per heavy atom. The van der Waals surface area contributed by atoms with Crippen LogP contribution in [0.25, 0.3) is 0 Å². The standard InChI is InChI=1S/C20H23N3O3/c1-13-8-9-18(26-3)16(10-13)21-12-20(25)23-14(2)11-19(24)22-15-6-4-5-7-17(15)23/h4-10,14,21H,11-12H2,1-3H3,(H,22,24)/t14-/m0/s1. The molecule has 0 saturated carbocycles. The second kappa shape index (κ2) is 7.47. The van der Waals surface area contributed by atoms with Crippen molar-refractivity contribution >= 4 is 28.9 Å². The third kappa shape index (κ3) is 3.64. The van der Waals surface area contributed by atoms with Gasteiger partial charge in [-0.05, 0) is 43.7 Å². The molecular formula is C20H23N3O3. The first-order chi connectivity index (χ1) is 12.5. The van der Waals surface area contributed by atoms with E-state index in [9.17, 15) is 9.59 Å². The molecular weight excluding hydrogens is 330 g/mol. The number of para-hydroxylation sites is 2. The molecule has 2 N–H and O–H groups in total. The maximum Gasteiger partial charge on any atom is 0.246 e. The number of methoxy groups -OCH3 is 1. The van der Waals surface area contributed by atoms with Crippen molar-refractivity contribution in [1.29, 1.82) is 0 Å². The van der Waals surface area contributed by atoms with Crippen LogP contribution in [-0.4, -0.2) is 31.5 Å². The summed E-state index contributed by atoms with van der Waals surface area (Å²) in [7, 11) is 1.60. The van der Waals surface area contributed by atoms with Crippen LogP contribution < -0.4 is 20.3 Å². The molecule has 2 amide bonds. The van der Waals surface area contributed by atoms with Crippen LogP contribution in [0.3, 0.4) is 0 Å². The number of benzene rings is 2. The van der Waals surface area contributed by atoms with Crippen molar-refractivity contribution in [3.8, 4) is 5.75 Å². The lowest BCUT2D eigenvalue weighted by atomic mass is 10.1. The molecule has 0 unspecified atom stereocenters. The summed E-state index contributed by atoms with van der Waals surface area (Å²) in [6, 6.07) is 12.9. The second-order valence-corrected chi connectivity index (χ2v) is 6.44. The molecule has 0 bridgehead atoms. The summed E-state index contributed by atoms with van der Waals surface area (Å²) in [4.78, 5) is 26.7. The molecule has 6 nitrogen and oxygen atoms in total. The van der Waals surface area contributed by atoms with Crippen LogP contribution in [0, 0.1) is 6.92 Å². The average molecular weight is 353 g/mol. The van der Waals surface area contributed by atoms with Gasteiger partial charge >= 0.3 is 0 Å². The Morgan fingerprint density at radius 3 is 2.85 bits per heavy atom. The van der Waals surface area contributed by atoms with E-state index in [4.69, 9.17) is 4.74 Å². The quantitative estimate of drug-likeness (QED) is 0.886. The van der Waals surface area contributed by atoms with Crippen molar-refractivity contribution in [2.45, 2.75) is 26.3 Å². The van der Waals surface area contributed by atoms with Gasteiger partial charge in [0.25, 0.3) is 0 Å². The van der Waals surface area contributed by atoms with Gasteiger partial charge in [0, 0.05) is 12.5 Å². The van der Waals surface area contributed by atoms with E-state index in [1.807, 2.05) is 56.3 Å². The van der Waals surface area contributed by atoms with E-state index in [-0.39, 0.29) is 30.8 Å². The van der Waals surface area contributed by atoms with E-state index in [1.165, 1.54) is 0 Å². The fourth-order valence-electron chi connectivity index (χ4n) is 3.18. The van der Waals surface area contributed by atoms with Crippen LogP contribution in [0.4, 0.5) is 17.1 Å². The maximum absolute atomic E-state index is 13.0. The summed E-state index contributed by atoms with van der Waals surface area (Å²) < 4.78 is 5.35. The van der Waals surface area contributed by atoms with Crippen molar-refractivity contribution in [1.82, 2.24) is 0 Å². The SMILES string of the molecule is COc1ccc(C)cc1NCC(=O)N1c2ccccc2NC(=O)C[C@@H]1C. The third-order valence-corrected chi connectivity index (χ3v) is 4.41. The molecule has 0 spiro atoms. The fourth-order valence-corrected chi connectivity index (χ4v) is 3.18. The molecule has 0 saturated heterocycles. The topological polar surface area (TPSA) is 70.7 Å². The lowest BCUT2D eigenvalue weighted by molar-refractivity contribution is -0.118. The van der Waals surface area contributed by atoms with Crippen LogP contribution in [-0.2, 0) is 9.59 Å². The first-order valence-electron chi connectivity index (χ1n) is 8.59. The number of nitrogens with one attached hydrogen (secondary N) is 2. The molecule has 1 aliphatic rings. The molecule has 1 atom stereocenters. The number of fused-ring (bicyclic) bond motifs is 1. The number of ether oxygens (including phenoxy) is 1. The Balaban J connectivity index is 1.83. The van der Waals surface area contributed by atoms with Crippen molar-refractivity contribution in [3.63, 3.8) is 0 Å². The number of hydrogen-bond donors (Lipinski definition) is 2. The summed E-state index contributed by atoms with van der Waals surface area (Å²) in [5.74, 6) is 0.489. The van der Waals surface area contributed by atoms with Gasteiger partial charge in [-0.15, -0.1) is 0 Å². The van der Waals surface area contributed by atoms with Gasteiger partial charge in [-0.1, -0.05) is 18.2 Å². The molecule has 2 aromatic carbocycles. The Bertz CT molecular complexity index is 835. The highest BCUT2D eigenvalue weighted by atomic mass is 16.5. The van der Waals surface area contributed by atoms with Crippen molar-refractivity contribution in [2.75, 3.05) is 29.2 Å². The molecule has 3 rings (SSSR count). The lowest BCUT2D eigenvalue weighted by Gasteiger charge is -2.28. The number of anilines is 3. The molecule has 1 aliphatic heterocycles. The van der Waals surface area contributed by atoms with Crippen LogP contribution in [0.15, 0.2) is 42.5 Å². The largest absolute Gasteiger partial charge is 0.495 e. The smallest absolute Gasteiger partial charge is 0.246 e. The average Bonchev–Trinajstić information content (AvgIpc) is 2.74. The number of carbonyl (C=O) groups is 2. The second-order valence-electron chi connectivity index (χ2n) is 6.44. The third-order valence-electron chi connectivity index (χ3n) is 4.41. The zero-order chi connectivity index (χ0) is 18.7. The van der Waals surface area contributed by atoms with E-state index < -0.39 is 0 Å². The minimum Gasteiger partial charge on any atom is -0.495 e. The lowest BCUT2D eigenvalue weighted by Crippen LogP contribution is -2.42. The summed E-state index contributed by atoms with van der Waals surface area (Å²) in [5.41, 5.74) is 3.21. The van der Waals surface area contributed by atoms with Gasteiger partial charge in [-0.25, -0.2) is 0 Å². The van der Waals surface area contributed by atoms with Gasteiger partial charge in [0.1, 0.15) is 5.75 Å². The number of rotatable bonds is 4. The molecule has 0 aromatic heterocycles. The minimum absolute atomic E-state index is 0.0893. The first-order valence-corrected chi connectivity index (χ1v) is 8.59. The minimum atomic E-state index is -0.229. The van der Waals surface area contributed by atoms with Crippen LogP contribution in [0.1, 0.15) is 18.9 Å². The molecule has 0 radical (unpaired) electrons. The molecule has 6 heteroatoms. The Morgan fingerprint density at radius 1 is 1.31 bits per heavy atom. The van der Waals surface area contributed by atoms with E-state index in [0.717, 1.165) is 11.3 Å². The highest BCUT2D eigenvalue weighted by molar-refractivity contribution is 6.05. The number of hydrogen-bond acceptors (Lipinski definition) is 4. The number of aryl methyl sites for hydroxylation is 1. The zero-order valence-electron chi connectivity index (χ0n) is 15.2. The van der Waals surface area contributed by atoms with Gasteiger partial charge in [0.2, 0.25) is 11.8 Å². The van der Waals surface area contributed by atoms with Crippen molar-refractivity contribution < 1.29 is 14.3 Å². The highest BCUT2D eigenvalue weighted by Gasteiger charge is 2.29. The summed E-state index contributed by atoms with van der Waals surface area (Å²) in [6.45, 7) is 3.97. The van der Waals surface area contributed by atoms with Crippen molar-refractivity contribution in [3.05, 3.63) is 48.0 Å². The number of carbonyl (C=O) groups excluding carboxylic acids is 2. The number of amides is 2. The molecule has 2 aromatic rings. The summed E-state index contributed by atoms with van der Waals surface area (Å²) in [6.07, 6.45) is 0.258. The zero-order valence-corrected chi connectivity index (χ0v) is 15.2.